The molecule has 3 N–H and O–H groups in total. The van der Waals surface area contributed by atoms with Crippen LogP contribution in [-0.2, 0) is 0 Å². The topological polar surface area (TPSA) is 67.7 Å². The lowest BCUT2D eigenvalue weighted by Crippen LogP contribution is -2.11. The van der Waals surface area contributed by atoms with E-state index in [1.54, 1.807) is 12.5 Å². The molecule has 0 bridgehead atoms. The molecule has 70 valence electrons. The molecule has 14 heavy (non-hydrogen) atoms. The van der Waals surface area contributed by atoms with Gasteiger partial charge in [-0.05, 0) is 12.1 Å². The van der Waals surface area contributed by atoms with Crippen LogP contribution >= 0.6 is 0 Å². The second kappa shape index (κ2) is 3.33. The van der Waals surface area contributed by atoms with Gasteiger partial charge in [-0.25, -0.2) is 4.98 Å². The number of para-hydroxylation sites is 1. The third-order valence-electron chi connectivity index (χ3n) is 1.91. The van der Waals surface area contributed by atoms with E-state index in [-0.39, 0.29) is 5.84 Å². The van der Waals surface area contributed by atoms with Crippen molar-refractivity contribution in [3.63, 3.8) is 0 Å². The zero-order valence-corrected chi connectivity index (χ0v) is 7.51. The average Bonchev–Trinajstić information content (AvgIpc) is 2.68. The minimum absolute atomic E-state index is 0.0142. The van der Waals surface area contributed by atoms with Crippen LogP contribution in [0.3, 0.4) is 0 Å². The van der Waals surface area contributed by atoms with Crippen LogP contribution in [0.15, 0.2) is 42.9 Å². The van der Waals surface area contributed by atoms with E-state index >= 15 is 0 Å². The number of imidazole rings is 1. The first-order chi connectivity index (χ1) is 6.77. The number of nitrogens with one attached hydrogen (secondary N) is 1. The van der Waals surface area contributed by atoms with E-state index in [1.165, 1.54) is 0 Å². The Morgan fingerprint density at radius 1 is 1.29 bits per heavy atom. The summed E-state index contributed by atoms with van der Waals surface area (Å²) in [6, 6.07) is 9.77. The molecule has 2 aromatic rings. The zero-order valence-electron chi connectivity index (χ0n) is 7.51. The molecule has 0 aliphatic heterocycles. The largest absolute Gasteiger partial charge is 0.382 e. The molecule has 4 nitrogen and oxygen atoms in total. The summed E-state index contributed by atoms with van der Waals surface area (Å²) in [4.78, 5) is 4.01. The number of amidine groups is 1. The molecule has 1 aromatic carbocycles. The fourth-order valence-corrected chi connectivity index (χ4v) is 1.20. The molecule has 0 aliphatic rings. The molecule has 0 saturated heterocycles. The molecule has 1 aromatic heterocycles. The second-order valence-electron chi connectivity index (χ2n) is 2.92. The van der Waals surface area contributed by atoms with Gasteiger partial charge in [0.25, 0.3) is 0 Å². The number of benzene rings is 1. The van der Waals surface area contributed by atoms with Gasteiger partial charge in [0.05, 0.1) is 0 Å². The van der Waals surface area contributed by atoms with E-state index in [1.807, 2.05) is 34.9 Å². The Hall–Kier alpha value is -2.10. The highest BCUT2D eigenvalue weighted by atomic mass is 15.0. The van der Waals surface area contributed by atoms with Crippen molar-refractivity contribution in [2.24, 2.45) is 5.73 Å². The Kier molecular flexibility index (Phi) is 2.02. The molecular formula is C10H10N4. The second-order valence-corrected chi connectivity index (χ2v) is 2.92. The summed E-state index contributed by atoms with van der Waals surface area (Å²) in [6.07, 6.45) is 3.38. The predicted molar refractivity (Wildman–Crippen MR) is 54.6 cm³/mol. The van der Waals surface area contributed by atoms with Crippen LogP contribution in [0.5, 0.6) is 0 Å². The average molecular weight is 186 g/mol. The van der Waals surface area contributed by atoms with Gasteiger partial charge in [0, 0.05) is 11.9 Å². The fourth-order valence-electron chi connectivity index (χ4n) is 1.20. The maximum Gasteiger partial charge on any atom is 0.143 e. The van der Waals surface area contributed by atoms with Crippen molar-refractivity contribution in [3.8, 4) is 5.69 Å². The highest BCUT2D eigenvalue weighted by Gasteiger charge is 2.01. The summed E-state index contributed by atoms with van der Waals surface area (Å²) in [7, 11) is 0. The Balaban J connectivity index is 2.39. The van der Waals surface area contributed by atoms with Gasteiger partial charge in [0.1, 0.15) is 17.9 Å². The van der Waals surface area contributed by atoms with E-state index in [0.717, 1.165) is 5.69 Å². The van der Waals surface area contributed by atoms with Gasteiger partial charge < -0.3 is 10.3 Å². The molecule has 0 fully saturated rings. The van der Waals surface area contributed by atoms with Crippen molar-refractivity contribution < 1.29 is 0 Å². The van der Waals surface area contributed by atoms with E-state index in [9.17, 15) is 0 Å². The Labute approximate surface area is 81.5 Å². The first-order valence-corrected chi connectivity index (χ1v) is 4.21. The van der Waals surface area contributed by atoms with Crippen LogP contribution in [0.25, 0.3) is 5.69 Å². The SMILES string of the molecule is N=C(N)c1cn(-c2ccccc2)cn1. The van der Waals surface area contributed by atoms with E-state index in [4.69, 9.17) is 11.1 Å². The number of hydrogen-bond donors (Lipinski definition) is 2. The molecular weight excluding hydrogens is 176 g/mol. The van der Waals surface area contributed by atoms with Crippen molar-refractivity contribution in [2.75, 3.05) is 0 Å². The maximum atomic E-state index is 7.21. The lowest BCUT2D eigenvalue weighted by atomic mass is 10.3. The fraction of sp³-hybridized carbons (Fsp3) is 0. The third-order valence-corrected chi connectivity index (χ3v) is 1.91. The van der Waals surface area contributed by atoms with Crippen LogP contribution in [0.1, 0.15) is 5.69 Å². The molecule has 4 heteroatoms. The summed E-state index contributed by atoms with van der Waals surface area (Å²) in [5.74, 6) is -0.0142. The van der Waals surface area contributed by atoms with Crippen LogP contribution in [0.4, 0.5) is 0 Å². The van der Waals surface area contributed by atoms with Crippen LogP contribution < -0.4 is 5.73 Å². The normalized spacial score (nSPS) is 10.0. The summed E-state index contributed by atoms with van der Waals surface area (Å²) in [6.45, 7) is 0. The summed E-state index contributed by atoms with van der Waals surface area (Å²) in [5, 5.41) is 7.21. The zero-order chi connectivity index (χ0) is 9.97. The van der Waals surface area contributed by atoms with Gasteiger partial charge in [-0.2, -0.15) is 0 Å². The van der Waals surface area contributed by atoms with E-state index < -0.39 is 0 Å². The molecule has 0 amide bonds. The molecule has 0 unspecified atom stereocenters. The summed E-state index contributed by atoms with van der Waals surface area (Å²) >= 11 is 0. The third kappa shape index (κ3) is 1.50. The predicted octanol–water partition coefficient (Wildman–Crippen LogP) is 1.16. The maximum absolute atomic E-state index is 7.21. The van der Waals surface area contributed by atoms with Crippen molar-refractivity contribution in [3.05, 3.63) is 48.5 Å². The molecule has 0 aliphatic carbocycles. The quantitative estimate of drug-likeness (QED) is 0.545. The highest BCUT2D eigenvalue weighted by Crippen LogP contribution is 2.07. The standard InChI is InChI=1S/C10H10N4/c11-10(12)9-6-14(7-13-9)8-4-2-1-3-5-8/h1-7H,(H3,11,12). The first-order valence-electron chi connectivity index (χ1n) is 4.21. The number of nitrogen functional groups attached to an aromatic ring is 1. The number of hydrogen-bond acceptors (Lipinski definition) is 2. The van der Waals surface area contributed by atoms with Gasteiger partial charge in [-0.1, -0.05) is 18.2 Å². The van der Waals surface area contributed by atoms with Gasteiger partial charge in [0.15, 0.2) is 0 Å². The molecule has 0 saturated carbocycles. The highest BCUT2D eigenvalue weighted by molar-refractivity contribution is 5.92. The van der Waals surface area contributed by atoms with Crippen molar-refractivity contribution in [1.29, 1.82) is 5.41 Å². The van der Waals surface area contributed by atoms with Crippen molar-refractivity contribution in [2.45, 2.75) is 0 Å². The van der Waals surface area contributed by atoms with Gasteiger partial charge in [0.2, 0.25) is 0 Å². The van der Waals surface area contributed by atoms with Gasteiger partial charge >= 0.3 is 0 Å². The molecule has 0 spiro atoms. The van der Waals surface area contributed by atoms with Crippen LogP contribution in [-0.4, -0.2) is 15.4 Å². The summed E-state index contributed by atoms with van der Waals surface area (Å²) in [5.41, 5.74) is 6.81. The lowest BCUT2D eigenvalue weighted by Gasteiger charge is -1.99. The molecule has 0 atom stereocenters. The Morgan fingerprint density at radius 3 is 2.57 bits per heavy atom. The number of nitrogens with zero attached hydrogens (tertiary/aromatic N) is 2. The summed E-state index contributed by atoms with van der Waals surface area (Å²) < 4.78 is 1.83. The first kappa shape index (κ1) is 8.50. The van der Waals surface area contributed by atoms with Crippen molar-refractivity contribution >= 4 is 5.84 Å². The molecule has 1 heterocycles. The van der Waals surface area contributed by atoms with Crippen LogP contribution in [0, 0.1) is 5.41 Å². The minimum Gasteiger partial charge on any atom is -0.382 e. The smallest absolute Gasteiger partial charge is 0.143 e. The molecule has 0 radical (unpaired) electrons. The van der Waals surface area contributed by atoms with Crippen molar-refractivity contribution in [1.82, 2.24) is 9.55 Å². The van der Waals surface area contributed by atoms with Crippen LogP contribution in [0.2, 0.25) is 0 Å². The van der Waals surface area contributed by atoms with E-state index in [0.29, 0.717) is 5.69 Å². The van der Waals surface area contributed by atoms with Gasteiger partial charge in [-0.15, -0.1) is 0 Å². The monoisotopic (exact) mass is 186 g/mol. The lowest BCUT2D eigenvalue weighted by molar-refractivity contribution is 1.06. The number of aromatic nitrogens is 2. The Morgan fingerprint density at radius 2 is 2.00 bits per heavy atom. The van der Waals surface area contributed by atoms with Gasteiger partial charge in [-0.3, -0.25) is 5.41 Å². The minimum atomic E-state index is -0.0142. The van der Waals surface area contributed by atoms with E-state index in [2.05, 4.69) is 4.98 Å². The molecule has 2 rings (SSSR count). The number of rotatable bonds is 2. The Bertz CT molecular complexity index is 444. The number of nitrogens with two attached hydrogens (primary N) is 1.